The number of halogens is 2. The molecular weight excluding hydrogens is 499 g/mol. The van der Waals surface area contributed by atoms with Gasteiger partial charge in [0.05, 0.1) is 40.3 Å². The van der Waals surface area contributed by atoms with Crippen molar-refractivity contribution in [2.24, 2.45) is 0 Å². The Morgan fingerprint density at radius 2 is 1.53 bits per heavy atom. The number of rotatable bonds is 7. The van der Waals surface area contributed by atoms with Crippen LogP contribution in [0.4, 0.5) is 0 Å². The molecule has 0 atom stereocenters. The van der Waals surface area contributed by atoms with Crippen molar-refractivity contribution < 1.29 is 19.1 Å². The molecule has 0 saturated carbocycles. The summed E-state index contributed by atoms with van der Waals surface area (Å²) in [4.78, 5) is 26.4. The Bertz CT molecular complexity index is 1360. The summed E-state index contributed by atoms with van der Waals surface area (Å²) in [5, 5.41) is 5.09. The number of hydrogen-bond acceptors (Lipinski definition) is 5. The molecule has 0 unspecified atom stereocenters. The Morgan fingerprint density at radius 3 is 2.11 bits per heavy atom. The van der Waals surface area contributed by atoms with Gasteiger partial charge in [-0.3, -0.25) is 0 Å². The highest BCUT2D eigenvalue weighted by atomic mass is 35.5. The molecule has 36 heavy (non-hydrogen) atoms. The van der Waals surface area contributed by atoms with E-state index in [-0.39, 0.29) is 13.2 Å². The van der Waals surface area contributed by atoms with Gasteiger partial charge >= 0.3 is 11.9 Å². The normalized spacial score (nSPS) is 14.3. The van der Waals surface area contributed by atoms with Crippen molar-refractivity contribution in [2.75, 3.05) is 13.2 Å². The fourth-order valence-corrected chi connectivity index (χ4v) is 5.06. The molecule has 1 aromatic heterocycles. The molecule has 2 aromatic carbocycles. The summed E-state index contributed by atoms with van der Waals surface area (Å²) in [6.45, 7) is 8.12. The van der Waals surface area contributed by atoms with Gasteiger partial charge in [0.1, 0.15) is 0 Å². The van der Waals surface area contributed by atoms with Crippen LogP contribution in [0.5, 0.6) is 0 Å². The number of para-hydroxylation sites is 1. The number of allylic oxidation sites excluding steroid dienone is 2. The summed E-state index contributed by atoms with van der Waals surface area (Å²) in [7, 11) is 0. The highest BCUT2D eigenvalue weighted by Crippen LogP contribution is 2.42. The molecule has 4 rings (SSSR count). The molecule has 1 aliphatic heterocycles. The van der Waals surface area contributed by atoms with E-state index in [4.69, 9.17) is 32.7 Å². The summed E-state index contributed by atoms with van der Waals surface area (Å²) in [6.07, 6.45) is 1.99. The molecular formula is C28H28Cl2N2O4. The number of ether oxygens (including phenoxy) is 2. The minimum atomic E-state index is -0.663. The van der Waals surface area contributed by atoms with E-state index < -0.39 is 17.9 Å². The smallest absolute Gasteiger partial charge is 0.336 e. The Morgan fingerprint density at radius 1 is 0.917 bits per heavy atom. The van der Waals surface area contributed by atoms with E-state index in [1.807, 2.05) is 56.4 Å². The lowest BCUT2D eigenvalue weighted by atomic mass is 9.80. The van der Waals surface area contributed by atoms with E-state index in [0.29, 0.717) is 39.1 Å². The Balaban J connectivity index is 1.92. The second-order valence-corrected chi connectivity index (χ2v) is 9.37. The third-order valence-corrected chi connectivity index (χ3v) is 6.96. The maximum absolute atomic E-state index is 13.2. The van der Waals surface area contributed by atoms with Gasteiger partial charge in [0, 0.05) is 35.0 Å². The Labute approximate surface area is 220 Å². The zero-order valence-electron chi connectivity index (χ0n) is 20.7. The van der Waals surface area contributed by atoms with Crippen molar-refractivity contribution in [1.29, 1.82) is 0 Å². The van der Waals surface area contributed by atoms with Crippen molar-refractivity contribution in [2.45, 2.75) is 40.2 Å². The van der Waals surface area contributed by atoms with E-state index in [1.54, 1.807) is 19.9 Å². The van der Waals surface area contributed by atoms with Gasteiger partial charge in [-0.05, 0) is 57.0 Å². The van der Waals surface area contributed by atoms with Crippen LogP contribution in [0, 0.1) is 0 Å². The van der Waals surface area contributed by atoms with Crippen molar-refractivity contribution in [1.82, 2.24) is 9.88 Å². The number of dihydropyridines is 1. The van der Waals surface area contributed by atoms with Gasteiger partial charge in [-0.25, -0.2) is 9.59 Å². The third kappa shape index (κ3) is 4.88. The average molecular weight is 527 g/mol. The van der Waals surface area contributed by atoms with Gasteiger partial charge in [-0.2, -0.15) is 0 Å². The highest BCUT2D eigenvalue weighted by Gasteiger charge is 2.39. The van der Waals surface area contributed by atoms with E-state index >= 15 is 0 Å². The summed E-state index contributed by atoms with van der Waals surface area (Å²) in [5.41, 5.74) is 4.81. The van der Waals surface area contributed by atoms with Crippen LogP contribution in [0.15, 0.2) is 71.2 Å². The number of carbonyl (C=O) groups is 2. The molecule has 188 valence electrons. The molecule has 6 nitrogen and oxygen atoms in total. The van der Waals surface area contributed by atoms with Gasteiger partial charge in [0.15, 0.2) is 0 Å². The minimum absolute atomic E-state index is 0.221. The zero-order valence-corrected chi connectivity index (χ0v) is 22.2. The first-order valence-corrected chi connectivity index (χ1v) is 12.6. The minimum Gasteiger partial charge on any atom is -0.463 e. The summed E-state index contributed by atoms with van der Waals surface area (Å²) < 4.78 is 12.9. The third-order valence-electron chi connectivity index (χ3n) is 6.22. The fraction of sp³-hybridized carbons (Fsp3) is 0.286. The van der Waals surface area contributed by atoms with Crippen LogP contribution in [0.1, 0.15) is 44.7 Å². The van der Waals surface area contributed by atoms with Crippen molar-refractivity contribution in [3.05, 3.63) is 92.4 Å². The van der Waals surface area contributed by atoms with Crippen LogP contribution in [-0.2, 0) is 25.6 Å². The Kier molecular flexibility index (Phi) is 7.76. The van der Waals surface area contributed by atoms with Crippen molar-refractivity contribution in [3.63, 3.8) is 0 Å². The van der Waals surface area contributed by atoms with E-state index in [9.17, 15) is 9.59 Å². The fourth-order valence-electron chi connectivity index (χ4n) is 4.73. The molecule has 2 heterocycles. The number of hydrogen-bond donors (Lipinski definition) is 1. The number of nitrogens with zero attached hydrogens (tertiary/aromatic N) is 1. The quantitative estimate of drug-likeness (QED) is 0.363. The molecule has 0 bridgehead atoms. The number of aromatic nitrogens is 1. The van der Waals surface area contributed by atoms with Crippen LogP contribution in [0.3, 0.4) is 0 Å². The molecule has 0 aliphatic carbocycles. The number of fused-ring (bicyclic) bond motifs is 1. The molecule has 1 N–H and O–H groups in total. The van der Waals surface area contributed by atoms with Gasteiger partial charge in [0.25, 0.3) is 0 Å². The molecule has 0 radical (unpaired) electrons. The molecule has 3 aromatic rings. The number of esters is 2. The van der Waals surface area contributed by atoms with Crippen LogP contribution < -0.4 is 5.32 Å². The molecule has 0 saturated heterocycles. The summed E-state index contributed by atoms with van der Waals surface area (Å²) in [6, 6.07) is 13.4. The largest absolute Gasteiger partial charge is 0.463 e. The Hall–Kier alpha value is -3.22. The van der Waals surface area contributed by atoms with E-state index in [2.05, 4.69) is 9.88 Å². The maximum atomic E-state index is 13.2. The molecule has 8 heteroatoms. The molecule has 1 aliphatic rings. The first kappa shape index (κ1) is 25.9. The van der Waals surface area contributed by atoms with Crippen LogP contribution >= 0.6 is 23.2 Å². The standard InChI is InChI=1S/C28H28Cl2N2O4/c1-5-35-27(33)24-16(3)31-17(4)25(28(34)36-6-2)26(24)20-15-32(23-10-8-7-9-19(20)23)14-18-11-12-21(29)22(30)13-18/h7-13,15,26,31H,5-6,14H2,1-4H3. The van der Waals surface area contributed by atoms with E-state index in [0.717, 1.165) is 22.0 Å². The zero-order chi connectivity index (χ0) is 26.0. The van der Waals surface area contributed by atoms with Crippen molar-refractivity contribution in [3.8, 4) is 0 Å². The summed E-state index contributed by atoms with van der Waals surface area (Å²) >= 11 is 12.4. The highest BCUT2D eigenvalue weighted by molar-refractivity contribution is 6.42. The van der Waals surface area contributed by atoms with Gasteiger partial charge in [-0.15, -0.1) is 0 Å². The number of nitrogens with one attached hydrogen (secondary N) is 1. The van der Waals surface area contributed by atoms with Gasteiger partial charge in [0.2, 0.25) is 0 Å². The second kappa shape index (κ2) is 10.8. The SMILES string of the molecule is CCOC(=O)C1=C(C)NC(C)=C(C(=O)OCC)C1c1cn(Cc2ccc(Cl)c(Cl)c2)c2ccccc12. The number of carbonyl (C=O) groups excluding carboxylic acids is 2. The number of benzene rings is 2. The van der Waals surface area contributed by atoms with Crippen LogP contribution in [-0.4, -0.2) is 29.7 Å². The second-order valence-electron chi connectivity index (χ2n) is 8.55. The lowest BCUT2D eigenvalue weighted by Crippen LogP contribution is -2.32. The van der Waals surface area contributed by atoms with Crippen LogP contribution in [0.25, 0.3) is 10.9 Å². The predicted molar refractivity (Wildman–Crippen MR) is 142 cm³/mol. The molecule has 0 amide bonds. The average Bonchev–Trinajstić information content (AvgIpc) is 3.19. The van der Waals surface area contributed by atoms with Gasteiger partial charge < -0.3 is 19.4 Å². The van der Waals surface area contributed by atoms with Crippen LogP contribution in [0.2, 0.25) is 10.0 Å². The van der Waals surface area contributed by atoms with Crippen molar-refractivity contribution >= 4 is 46.0 Å². The molecule has 0 spiro atoms. The maximum Gasteiger partial charge on any atom is 0.336 e. The topological polar surface area (TPSA) is 69.6 Å². The lowest BCUT2D eigenvalue weighted by Gasteiger charge is -2.30. The van der Waals surface area contributed by atoms with E-state index in [1.165, 1.54) is 0 Å². The summed E-state index contributed by atoms with van der Waals surface area (Å²) in [5.74, 6) is -1.60. The first-order chi connectivity index (χ1) is 17.3. The first-order valence-electron chi connectivity index (χ1n) is 11.8. The molecule has 0 fully saturated rings. The lowest BCUT2D eigenvalue weighted by molar-refractivity contribution is -0.139. The van der Waals surface area contributed by atoms with Gasteiger partial charge in [-0.1, -0.05) is 47.5 Å². The monoisotopic (exact) mass is 526 g/mol. The predicted octanol–water partition coefficient (Wildman–Crippen LogP) is 6.36.